The molecule has 0 bridgehead atoms. The first kappa shape index (κ1) is 12.7. The molecule has 0 spiro atoms. The first-order chi connectivity index (χ1) is 7.29. The average molecular weight is 246 g/mol. The van der Waals surface area contributed by atoms with E-state index in [-0.39, 0.29) is 23.5 Å². The van der Waals surface area contributed by atoms with Crippen molar-refractivity contribution in [3.05, 3.63) is 22.0 Å². The van der Waals surface area contributed by atoms with Gasteiger partial charge in [-0.25, -0.2) is 8.42 Å². The Morgan fingerprint density at radius 1 is 1.50 bits per heavy atom. The Morgan fingerprint density at radius 3 is 2.50 bits per heavy atom. The van der Waals surface area contributed by atoms with Crippen molar-refractivity contribution in [3.8, 4) is 5.88 Å². The Kier molecular flexibility index (Phi) is 3.39. The first-order valence-corrected chi connectivity index (χ1v) is 6.51. The number of hydrogen-bond donors (Lipinski definition) is 2. The molecular weight excluding hydrogens is 232 g/mol. The van der Waals surface area contributed by atoms with Gasteiger partial charge in [0, 0.05) is 25.4 Å². The van der Waals surface area contributed by atoms with Gasteiger partial charge in [-0.3, -0.25) is 9.36 Å². The number of nitrogens with zero attached hydrogens (tertiary/aromatic N) is 1. The molecule has 0 saturated heterocycles. The summed E-state index contributed by atoms with van der Waals surface area (Å²) in [6.45, 7) is 1.68. The number of rotatable bonds is 3. The molecule has 90 valence electrons. The molecule has 0 radical (unpaired) electrons. The summed E-state index contributed by atoms with van der Waals surface area (Å²) in [6, 6.07) is 1.17. The minimum Gasteiger partial charge on any atom is -0.493 e. The van der Waals surface area contributed by atoms with Crippen LogP contribution in [0.3, 0.4) is 0 Å². The van der Waals surface area contributed by atoms with Crippen LogP contribution < -0.4 is 11.3 Å². The minimum absolute atomic E-state index is 0.0769. The number of aromatic hydroxyl groups is 1. The van der Waals surface area contributed by atoms with E-state index in [9.17, 15) is 18.3 Å². The molecule has 0 aliphatic carbocycles. The zero-order valence-electron chi connectivity index (χ0n) is 9.10. The van der Waals surface area contributed by atoms with Gasteiger partial charge < -0.3 is 10.8 Å². The van der Waals surface area contributed by atoms with Gasteiger partial charge in [0.25, 0.3) is 5.56 Å². The number of sulfone groups is 1. The summed E-state index contributed by atoms with van der Waals surface area (Å²) in [5.74, 6) is -0.544. The molecule has 7 heteroatoms. The number of nitrogens with two attached hydrogens (primary N) is 1. The summed E-state index contributed by atoms with van der Waals surface area (Å²) in [5.41, 5.74) is 5.04. The van der Waals surface area contributed by atoms with Crippen LogP contribution in [-0.4, -0.2) is 30.9 Å². The molecule has 0 atom stereocenters. The third-order valence-corrected chi connectivity index (χ3v) is 3.39. The maximum atomic E-state index is 11.5. The van der Waals surface area contributed by atoms with E-state index in [1.807, 2.05) is 0 Å². The fourth-order valence-electron chi connectivity index (χ4n) is 1.54. The molecule has 0 amide bonds. The van der Waals surface area contributed by atoms with Crippen LogP contribution in [-0.2, 0) is 16.4 Å². The van der Waals surface area contributed by atoms with Crippen LogP contribution in [0.1, 0.15) is 5.56 Å². The molecule has 16 heavy (non-hydrogen) atoms. The Labute approximate surface area is 93.2 Å². The maximum absolute atomic E-state index is 11.5. The summed E-state index contributed by atoms with van der Waals surface area (Å²) in [5, 5.41) is 9.75. The Balaban J connectivity index is 3.65. The fourth-order valence-corrected chi connectivity index (χ4v) is 2.62. The maximum Gasteiger partial charge on any atom is 0.253 e. The van der Waals surface area contributed by atoms with Crippen LogP contribution in [0.15, 0.2) is 15.8 Å². The largest absolute Gasteiger partial charge is 0.493 e. The lowest BCUT2D eigenvalue weighted by molar-refractivity contribution is 0.390. The summed E-state index contributed by atoms with van der Waals surface area (Å²) >= 11 is 0. The van der Waals surface area contributed by atoms with E-state index in [0.717, 1.165) is 10.8 Å². The van der Waals surface area contributed by atoms with Crippen LogP contribution in [0.4, 0.5) is 0 Å². The molecule has 1 aromatic rings. The van der Waals surface area contributed by atoms with Gasteiger partial charge >= 0.3 is 0 Å². The van der Waals surface area contributed by atoms with Crippen molar-refractivity contribution in [1.82, 2.24) is 4.57 Å². The SMILES string of the molecule is Cc1cc(=O)n(CCN)c(O)c1S(C)(=O)=O. The van der Waals surface area contributed by atoms with Gasteiger partial charge in [0.15, 0.2) is 9.84 Å². The molecule has 0 aliphatic heterocycles. The average Bonchev–Trinajstić information content (AvgIpc) is 2.09. The number of aromatic nitrogens is 1. The second kappa shape index (κ2) is 4.26. The van der Waals surface area contributed by atoms with E-state index < -0.39 is 21.3 Å². The van der Waals surface area contributed by atoms with E-state index in [1.54, 1.807) is 0 Å². The summed E-state index contributed by atoms with van der Waals surface area (Å²) in [4.78, 5) is 11.3. The van der Waals surface area contributed by atoms with Crippen molar-refractivity contribution in [2.45, 2.75) is 18.4 Å². The van der Waals surface area contributed by atoms with Crippen molar-refractivity contribution < 1.29 is 13.5 Å². The number of pyridine rings is 1. The van der Waals surface area contributed by atoms with Gasteiger partial charge in [0.2, 0.25) is 5.88 Å². The molecule has 6 nitrogen and oxygen atoms in total. The first-order valence-electron chi connectivity index (χ1n) is 4.62. The lowest BCUT2D eigenvalue weighted by atomic mass is 10.3. The highest BCUT2D eigenvalue weighted by molar-refractivity contribution is 7.90. The van der Waals surface area contributed by atoms with Gasteiger partial charge in [-0.2, -0.15) is 0 Å². The summed E-state index contributed by atoms with van der Waals surface area (Å²) in [7, 11) is -3.57. The number of hydrogen-bond acceptors (Lipinski definition) is 5. The van der Waals surface area contributed by atoms with Gasteiger partial charge in [-0.15, -0.1) is 0 Å². The summed E-state index contributed by atoms with van der Waals surface area (Å²) in [6.07, 6.45) is 0.978. The molecule has 0 fully saturated rings. The third-order valence-electron chi connectivity index (χ3n) is 2.15. The highest BCUT2D eigenvalue weighted by Gasteiger charge is 2.20. The van der Waals surface area contributed by atoms with Gasteiger partial charge in [-0.1, -0.05) is 0 Å². The quantitative estimate of drug-likeness (QED) is 0.728. The van der Waals surface area contributed by atoms with Gasteiger partial charge in [0.1, 0.15) is 4.90 Å². The molecule has 0 aliphatic rings. The van der Waals surface area contributed by atoms with E-state index in [2.05, 4.69) is 0 Å². The van der Waals surface area contributed by atoms with Crippen molar-refractivity contribution in [2.75, 3.05) is 12.8 Å². The second-order valence-electron chi connectivity index (χ2n) is 3.53. The van der Waals surface area contributed by atoms with Crippen molar-refractivity contribution in [1.29, 1.82) is 0 Å². The van der Waals surface area contributed by atoms with Gasteiger partial charge in [0.05, 0.1) is 0 Å². The van der Waals surface area contributed by atoms with E-state index >= 15 is 0 Å². The predicted molar refractivity (Wildman–Crippen MR) is 59.3 cm³/mol. The topological polar surface area (TPSA) is 102 Å². The van der Waals surface area contributed by atoms with Gasteiger partial charge in [-0.05, 0) is 12.5 Å². The highest BCUT2D eigenvalue weighted by atomic mass is 32.2. The number of aryl methyl sites for hydroxylation is 1. The minimum atomic E-state index is -3.57. The monoisotopic (exact) mass is 246 g/mol. The van der Waals surface area contributed by atoms with Crippen molar-refractivity contribution in [3.63, 3.8) is 0 Å². The normalized spacial score (nSPS) is 11.7. The Bertz CT molecular complexity index is 560. The lowest BCUT2D eigenvalue weighted by Crippen LogP contribution is -2.25. The highest BCUT2D eigenvalue weighted by Crippen LogP contribution is 2.23. The van der Waals surface area contributed by atoms with Crippen LogP contribution >= 0.6 is 0 Å². The second-order valence-corrected chi connectivity index (χ2v) is 5.48. The van der Waals surface area contributed by atoms with Crippen molar-refractivity contribution in [2.24, 2.45) is 5.73 Å². The molecule has 1 heterocycles. The van der Waals surface area contributed by atoms with Crippen LogP contribution in [0, 0.1) is 6.92 Å². The predicted octanol–water partition coefficient (Wildman–Crippen LogP) is -0.775. The van der Waals surface area contributed by atoms with Crippen LogP contribution in [0.25, 0.3) is 0 Å². The summed E-state index contributed by atoms with van der Waals surface area (Å²) < 4.78 is 23.8. The van der Waals surface area contributed by atoms with Crippen molar-refractivity contribution >= 4 is 9.84 Å². The molecule has 0 aromatic carbocycles. The van der Waals surface area contributed by atoms with E-state index in [1.165, 1.54) is 13.0 Å². The van der Waals surface area contributed by atoms with E-state index in [4.69, 9.17) is 5.73 Å². The zero-order valence-corrected chi connectivity index (χ0v) is 9.91. The Hall–Kier alpha value is -1.34. The molecule has 3 N–H and O–H groups in total. The molecular formula is C9H14N2O4S. The standard InChI is InChI=1S/C9H14N2O4S/c1-6-5-7(12)11(4-3-10)9(13)8(6)16(2,14)15/h5,13H,3-4,10H2,1-2H3. The molecule has 0 unspecified atom stereocenters. The smallest absolute Gasteiger partial charge is 0.253 e. The Morgan fingerprint density at radius 2 is 2.06 bits per heavy atom. The third kappa shape index (κ3) is 2.25. The van der Waals surface area contributed by atoms with E-state index in [0.29, 0.717) is 0 Å². The fraction of sp³-hybridized carbons (Fsp3) is 0.444. The molecule has 0 saturated carbocycles. The zero-order chi connectivity index (χ0) is 12.5. The molecule has 1 aromatic heterocycles. The molecule has 1 rings (SSSR count). The van der Waals surface area contributed by atoms with Crippen LogP contribution in [0.5, 0.6) is 5.88 Å². The van der Waals surface area contributed by atoms with Crippen LogP contribution in [0.2, 0.25) is 0 Å². The lowest BCUT2D eigenvalue weighted by Gasteiger charge is -2.12.